The number of hydrogen-bond acceptors (Lipinski definition) is 2. The van der Waals surface area contributed by atoms with E-state index in [0.717, 1.165) is 29.4 Å². The van der Waals surface area contributed by atoms with Crippen LogP contribution in [0.3, 0.4) is 0 Å². The van der Waals surface area contributed by atoms with Crippen LogP contribution in [0.1, 0.15) is 23.6 Å². The van der Waals surface area contributed by atoms with E-state index in [1.807, 2.05) is 32.0 Å². The second-order valence-electron chi connectivity index (χ2n) is 4.78. The molecule has 0 saturated heterocycles. The van der Waals surface area contributed by atoms with Crippen molar-refractivity contribution in [2.24, 2.45) is 0 Å². The van der Waals surface area contributed by atoms with Crippen LogP contribution < -0.4 is 10.1 Å². The lowest BCUT2D eigenvalue weighted by Crippen LogP contribution is -2.13. The Kier molecular flexibility index (Phi) is 5.45. The fourth-order valence-corrected chi connectivity index (χ4v) is 2.35. The molecule has 2 aromatic rings. The van der Waals surface area contributed by atoms with E-state index in [1.165, 1.54) is 11.1 Å². The van der Waals surface area contributed by atoms with Gasteiger partial charge in [-0.3, -0.25) is 0 Å². The standard InChI is InChI=1S/C17H20ClNO/c1-3-20-16-6-4-5-14(10-16)11-19-12-15-8-7-13(2)9-17(15)18/h4-10,19H,3,11-12H2,1-2H3. The highest BCUT2D eigenvalue weighted by Gasteiger charge is 2.01. The monoisotopic (exact) mass is 289 g/mol. The zero-order valence-electron chi connectivity index (χ0n) is 11.9. The minimum Gasteiger partial charge on any atom is -0.494 e. The van der Waals surface area contributed by atoms with Gasteiger partial charge in [0.05, 0.1) is 6.61 Å². The number of halogens is 1. The molecule has 2 rings (SSSR count). The first-order valence-electron chi connectivity index (χ1n) is 6.86. The third-order valence-electron chi connectivity index (χ3n) is 3.06. The zero-order valence-corrected chi connectivity index (χ0v) is 12.7. The molecule has 0 saturated carbocycles. The van der Waals surface area contributed by atoms with E-state index in [4.69, 9.17) is 16.3 Å². The number of rotatable bonds is 6. The molecule has 106 valence electrons. The molecule has 1 N–H and O–H groups in total. The Bertz CT molecular complexity index is 569. The third-order valence-corrected chi connectivity index (χ3v) is 3.41. The summed E-state index contributed by atoms with van der Waals surface area (Å²) in [5, 5.41) is 4.23. The molecule has 0 aliphatic heterocycles. The van der Waals surface area contributed by atoms with E-state index in [-0.39, 0.29) is 0 Å². The summed E-state index contributed by atoms with van der Waals surface area (Å²) in [4.78, 5) is 0. The van der Waals surface area contributed by atoms with Gasteiger partial charge < -0.3 is 10.1 Å². The summed E-state index contributed by atoms with van der Waals surface area (Å²) < 4.78 is 5.49. The Balaban J connectivity index is 1.90. The van der Waals surface area contributed by atoms with Crippen LogP contribution in [0.15, 0.2) is 42.5 Å². The maximum Gasteiger partial charge on any atom is 0.119 e. The van der Waals surface area contributed by atoms with E-state index in [0.29, 0.717) is 6.61 Å². The number of aryl methyl sites for hydroxylation is 1. The summed E-state index contributed by atoms with van der Waals surface area (Å²) in [5.41, 5.74) is 3.51. The fraction of sp³-hybridized carbons (Fsp3) is 0.294. The first-order chi connectivity index (χ1) is 9.69. The molecule has 20 heavy (non-hydrogen) atoms. The van der Waals surface area contributed by atoms with Crippen molar-refractivity contribution < 1.29 is 4.74 Å². The summed E-state index contributed by atoms with van der Waals surface area (Å²) in [6.45, 7) is 6.28. The van der Waals surface area contributed by atoms with Gasteiger partial charge in [0.1, 0.15) is 5.75 Å². The van der Waals surface area contributed by atoms with Crippen molar-refractivity contribution in [3.63, 3.8) is 0 Å². The van der Waals surface area contributed by atoms with E-state index in [1.54, 1.807) is 0 Å². The fourth-order valence-electron chi connectivity index (χ4n) is 2.05. The van der Waals surface area contributed by atoms with Crippen molar-refractivity contribution in [3.05, 3.63) is 64.2 Å². The molecule has 0 aromatic heterocycles. The van der Waals surface area contributed by atoms with E-state index in [9.17, 15) is 0 Å². The first kappa shape index (κ1) is 14.9. The van der Waals surface area contributed by atoms with Crippen molar-refractivity contribution in [2.75, 3.05) is 6.61 Å². The number of hydrogen-bond donors (Lipinski definition) is 1. The van der Waals surface area contributed by atoms with Gasteiger partial charge in [0.2, 0.25) is 0 Å². The van der Waals surface area contributed by atoms with Gasteiger partial charge in [-0.2, -0.15) is 0 Å². The molecule has 0 radical (unpaired) electrons. The Morgan fingerprint density at radius 1 is 1.10 bits per heavy atom. The summed E-state index contributed by atoms with van der Waals surface area (Å²) in [7, 11) is 0. The van der Waals surface area contributed by atoms with Gasteiger partial charge in [0, 0.05) is 18.1 Å². The van der Waals surface area contributed by atoms with Crippen molar-refractivity contribution in [1.82, 2.24) is 5.32 Å². The second kappa shape index (κ2) is 7.32. The highest BCUT2D eigenvalue weighted by Crippen LogP contribution is 2.18. The van der Waals surface area contributed by atoms with Crippen molar-refractivity contribution in [1.29, 1.82) is 0 Å². The van der Waals surface area contributed by atoms with E-state index >= 15 is 0 Å². The lowest BCUT2D eigenvalue weighted by molar-refractivity contribution is 0.340. The van der Waals surface area contributed by atoms with Gasteiger partial charge in [-0.25, -0.2) is 0 Å². The summed E-state index contributed by atoms with van der Waals surface area (Å²) in [6.07, 6.45) is 0. The van der Waals surface area contributed by atoms with E-state index < -0.39 is 0 Å². The Hall–Kier alpha value is -1.51. The van der Waals surface area contributed by atoms with Crippen LogP contribution in [0.2, 0.25) is 5.02 Å². The van der Waals surface area contributed by atoms with Crippen molar-refractivity contribution in [2.45, 2.75) is 26.9 Å². The highest BCUT2D eigenvalue weighted by molar-refractivity contribution is 6.31. The molecular weight excluding hydrogens is 270 g/mol. The largest absolute Gasteiger partial charge is 0.494 e. The smallest absolute Gasteiger partial charge is 0.119 e. The van der Waals surface area contributed by atoms with Crippen LogP contribution in [0, 0.1) is 6.92 Å². The van der Waals surface area contributed by atoms with Gasteiger partial charge in [0.15, 0.2) is 0 Å². The predicted octanol–water partition coefficient (Wildman–Crippen LogP) is 4.34. The lowest BCUT2D eigenvalue weighted by Gasteiger charge is -2.09. The quantitative estimate of drug-likeness (QED) is 0.854. The minimum absolute atomic E-state index is 0.690. The summed E-state index contributed by atoms with van der Waals surface area (Å²) >= 11 is 6.22. The minimum atomic E-state index is 0.690. The zero-order chi connectivity index (χ0) is 14.4. The van der Waals surface area contributed by atoms with Gasteiger partial charge in [-0.05, 0) is 48.7 Å². The van der Waals surface area contributed by atoms with Gasteiger partial charge in [-0.1, -0.05) is 35.9 Å². The lowest BCUT2D eigenvalue weighted by atomic mass is 10.1. The SMILES string of the molecule is CCOc1cccc(CNCc2ccc(C)cc2Cl)c1. The molecule has 0 heterocycles. The average molecular weight is 290 g/mol. The van der Waals surface area contributed by atoms with Gasteiger partial charge in [0.25, 0.3) is 0 Å². The summed E-state index contributed by atoms with van der Waals surface area (Å²) in [6, 6.07) is 14.3. The van der Waals surface area contributed by atoms with Gasteiger partial charge >= 0.3 is 0 Å². The molecule has 2 nitrogen and oxygen atoms in total. The molecule has 0 fully saturated rings. The summed E-state index contributed by atoms with van der Waals surface area (Å²) in [5.74, 6) is 0.917. The maximum absolute atomic E-state index is 6.22. The van der Waals surface area contributed by atoms with Crippen molar-refractivity contribution >= 4 is 11.6 Å². The topological polar surface area (TPSA) is 21.3 Å². The Morgan fingerprint density at radius 2 is 1.95 bits per heavy atom. The van der Waals surface area contributed by atoms with Crippen molar-refractivity contribution in [3.8, 4) is 5.75 Å². The molecule has 2 aromatic carbocycles. The number of ether oxygens (including phenoxy) is 1. The van der Waals surface area contributed by atoms with Crippen LogP contribution in [-0.4, -0.2) is 6.61 Å². The molecular formula is C17H20ClNO. The molecule has 0 aliphatic rings. The first-order valence-corrected chi connectivity index (χ1v) is 7.24. The normalized spacial score (nSPS) is 10.6. The van der Waals surface area contributed by atoms with E-state index in [2.05, 4.69) is 29.6 Å². The van der Waals surface area contributed by atoms with Crippen LogP contribution in [-0.2, 0) is 13.1 Å². The average Bonchev–Trinajstić information content (AvgIpc) is 2.42. The molecule has 0 bridgehead atoms. The Labute approximate surface area is 125 Å². The van der Waals surface area contributed by atoms with Gasteiger partial charge in [-0.15, -0.1) is 0 Å². The Morgan fingerprint density at radius 3 is 2.70 bits per heavy atom. The number of nitrogens with one attached hydrogen (secondary N) is 1. The third kappa shape index (κ3) is 4.26. The highest BCUT2D eigenvalue weighted by atomic mass is 35.5. The molecule has 0 atom stereocenters. The maximum atomic E-state index is 6.22. The van der Waals surface area contributed by atoms with Crippen LogP contribution >= 0.6 is 11.6 Å². The predicted molar refractivity (Wildman–Crippen MR) is 84.3 cm³/mol. The molecule has 0 unspecified atom stereocenters. The molecule has 0 aliphatic carbocycles. The second-order valence-corrected chi connectivity index (χ2v) is 5.19. The molecule has 0 amide bonds. The van der Waals surface area contributed by atoms with Crippen LogP contribution in [0.25, 0.3) is 0 Å². The molecule has 0 spiro atoms. The van der Waals surface area contributed by atoms with Crippen LogP contribution in [0.5, 0.6) is 5.75 Å². The molecule has 3 heteroatoms. The van der Waals surface area contributed by atoms with Crippen LogP contribution in [0.4, 0.5) is 0 Å². The number of benzene rings is 2.